The van der Waals surface area contributed by atoms with Gasteiger partial charge in [0.05, 0.1) is 14.9 Å². The summed E-state index contributed by atoms with van der Waals surface area (Å²) in [5.41, 5.74) is 7.95. The molecule has 1 atom stereocenters. The molecule has 0 spiro atoms. The molecule has 0 bridgehead atoms. The molecule has 1 nitrogen and oxygen atoms in total. The van der Waals surface area contributed by atoms with E-state index in [4.69, 9.17) is 17.3 Å². The van der Waals surface area contributed by atoms with Crippen LogP contribution in [0.4, 0.5) is 4.39 Å². The van der Waals surface area contributed by atoms with E-state index in [2.05, 4.69) is 15.9 Å². The lowest BCUT2D eigenvalue weighted by Crippen LogP contribution is -2.10. The molecule has 0 radical (unpaired) electrons. The molecule has 2 N–H and O–H groups in total. The number of halogens is 3. The maximum absolute atomic E-state index is 13.3. The summed E-state index contributed by atoms with van der Waals surface area (Å²) < 4.78 is 14.4. The third-order valence-corrected chi connectivity index (χ3v) is 5.01. The Bertz CT molecular complexity index is 536. The molecular formula is C12H10BrClFNS. The van der Waals surface area contributed by atoms with Crippen LogP contribution in [0.25, 0.3) is 0 Å². The van der Waals surface area contributed by atoms with Crippen LogP contribution in [0, 0.1) is 12.7 Å². The Balaban J connectivity index is 2.36. The van der Waals surface area contributed by atoms with Gasteiger partial charge < -0.3 is 5.73 Å². The Hall–Kier alpha value is -0.420. The van der Waals surface area contributed by atoms with Crippen molar-refractivity contribution in [3.8, 4) is 0 Å². The Kier molecular flexibility index (Phi) is 3.88. The van der Waals surface area contributed by atoms with Crippen molar-refractivity contribution in [1.29, 1.82) is 0 Å². The summed E-state index contributed by atoms with van der Waals surface area (Å²) in [5.74, 6) is -0.438. The molecule has 1 aromatic carbocycles. The highest BCUT2D eigenvalue weighted by molar-refractivity contribution is 9.11. The van der Waals surface area contributed by atoms with Crippen molar-refractivity contribution in [2.75, 3.05) is 0 Å². The average Bonchev–Trinajstić information content (AvgIpc) is 2.62. The van der Waals surface area contributed by atoms with Crippen molar-refractivity contribution < 1.29 is 4.39 Å². The summed E-state index contributed by atoms with van der Waals surface area (Å²) in [4.78, 5) is 0.996. The Morgan fingerprint density at radius 1 is 1.41 bits per heavy atom. The zero-order chi connectivity index (χ0) is 12.6. The maximum Gasteiger partial charge on any atom is 0.142 e. The molecule has 1 unspecified atom stereocenters. The molecule has 1 aromatic heterocycles. The van der Waals surface area contributed by atoms with Crippen LogP contribution in [0.2, 0.25) is 5.02 Å². The van der Waals surface area contributed by atoms with Crippen molar-refractivity contribution in [3.05, 3.63) is 54.9 Å². The van der Waals surface area contributed by atoms with Crippen LogP contribution in [0.15, 0.2) is 28.1 Å². The van der Waals surface area contributed by atoms with Crippen LogP contribution < -0.4 is 5.73 Å². The summed E-state index contributed by atoms with van der Waals surface area (Å²) in [6.07, 6.45) is 0. The molecule has 0 aliphatic carbocycles. The van der Waals surface area contributed by atoms with Gasteiger partial charge in [-0.2, -0.15) is 0 Å². The summed E-state index contributed by atoms with van der Waals surface area (Å²) >= 11 is 10.7. The molecule has 90 valence electrons. The fraction of sp³-hybridized carbons (Fsp3) is 0.167. The van der Waals surface area contributed by atoms with Gasteiger partial charge in [-0.25, -0.2) is 4.39 Å². The second kappa shape index (κ2) is 5.06. The maximum atomic E-state index is 13.3. The smallest absolute Gasteiger partial charge is 0.142 e. The summed E-state index contributed by atoms with van der Waals surface area (Å²) in [6.45, 7) is 2.00. The molecule has 0 aliphatic rings. The van der Waals surface area contributed by atoms with Crippen LogP contribution >= 0.6 is 38.9 Å². The van der Waals surface area contributed by atoms with Crippen LogP contribution in [0.1, 0.15) is 22.0 Å². The van der Waals surface area contributed by atoms with Gasteiger partial charge in [-0.05, 0) is 52.2 Å². The number of benzene rings is 1. The van der Waals surface area contributed by atoms with Gasteiger partial charge in [0.25, 0.3) is 0 Å². The number of rotatable bonds is 2. The normalized spacial score (nSPS) is 12.8. The van der Waals surface area contributed by atoms with Crippen LogP contribution in [0.5, 0.6) is 0 Å². The highest BCUT2D eigenvalue weighted by Crippen LogP contribution is 2.33. The minimum absolute atomic E-state index is 0.115. The van der Waals surface area contributed by atoms with Gasteiger partial charge in [-0.3, -0.25) is 0 Å². The van der Waals surface area contributed by atoms with Crippen molar-refractivity contribution in [3.63, 3.8) is 0 Å². The molecule has 2 aromatic rings. The van der Waals surface area contributed by atoms with Crippen LogP contribution in [0.3, 0.4) is 0 Å². The van der Waals surface area contributed by atoms with Gasteiger partial charge in [0.2, 0.25) is 0 Å². The van der Waals surface area contributed by atoms with Gasteiger partial charge in [-0.15, -0.1) is 11.3 Å². The van der Waals surface area contributed by atoms with Crippen molar-refractivity contribution in [1.82, 2.24) is 0 Å². The lowest BCUT2D eigenvalue weighted by molar-refractivity contribution is 0.624. The number of nitrogens with two attached hydrogens (primary N) is 1. The summed E-state index contributed by atoms with van der Waals surface area (Å²) in [5, 5.41) is 0.115. The molecule has 0 fully saturated rings. The SMILES string of the molecule is Cc1cc(C(N)c2ccc(Cl)c(F)c2)sc1Br. The Morgan fingerprint density at radius 2 is 2.12 bits per heavy atom. The first-order chi connectivity index (χ1) is 7.99. The summed E-state index contributed by atoms with van der Waals surface area (Å²) in [7, 11) is 0. The lowest BCUT2D eigenvalue weighted by Gasteiger charge is -2.10. The predicted molar refractivity (Wildman–Crippen MR) is 74.2 cm³/mol. The zero-order valence-corrected chi connectivity index (χ0v) is 12.2. The number of hydrogen-bond donors (Lipinski definition) is 1. The summed E-state index contributed by atoms with van der Waals surface area (Å²) in [6, 6.07) is 6.35. The van der Waals surface area contributed by atoms with Crippen LogP contribution in [-0.4, -0.2) is 0 Å². The molecule has 0 amide bonds. The first-order valence-electron chi connectivity index (χ1n) is 4.95. The van der Waals surface area contributed by atoms with Gasteiger partial charge in [0, 0.05) is 4.88 Å². The highest BCUT2D eigenvalue weighted by Gasteiger charge is 2.14. The second-order valence-corrected chi connectivity index (χ2v) is 6.57. The van der Waals surface area contributed by atoms with Gasteiger partial charge in [0.1, 0.15) is 5.82 Å². The quantitative estimate of drug-likeness (QED) is 0.849. The first-order valence-corrected chi connectivity index (χ1v) is 6.94. The van der Waals surface area contributed by atoms with E-state index >= 15 is 0 Å². The molecule has 5 heteroatoms. The Labute approximate surface area is 117 Å². The van der Waals surface area contributed by atoms with E-state index < -0.39 is 5.82 Å². The number of hydrogen-bond acceptors (Lipinski definition) is 2. The molecule has 0 saturated heterocycles. The predicted octanol–water partition coefficient (Wildman–Crippen LogP) is 4.66. The number of thiophene rings is 1. The lowest BCUT2D eigenvalue weighted by atomic mass is 10.1. The minimum atomic E-state index is -0.438. The second-order valence-electron chi connectivity index (χ2n) is 3.76. The molecule has 2 rings (SSSR count). The molecule has 1 heterocycles. The van der Waals surface area contributed by atoms with E-state index in [1.54, 1.807) is 17.4 Å². The Morgan fingerprint density at radius 3 is 2.65 bits per heavy atom. The first kappa shape index (κ1) is 13.0. The van der Waals surface area contributed by atoms with Gasteiger partial charge >= 0.3 is 0 Å². The standard InChI is InChI=1S/C12H10BrClFNS/c1-6-4-10(17-12(6)13)11(16)7-2-3-8(14)9(15)5-7/h2-5,11H,16H2,1H3. The van der Waals surface area contributed by atoms with Crippen molar-refractivity contribution in [2.24, 2.45) is 5.73 Å². The third kappa shape index (κ3) is 2.71. The molecule has 17 heavy (non-hydrogen) atoms. The van der Waals surface area contributed by atoms with E-state index in [1.807, 2.05) is 13.0 Å². The van der Waals surface area contributed by atoms with E-state index in [-0.39, 0.29) is 11.1 Å². The third-order valence-electron chi connectivity index (χ3n) is 2.49. The monoisotopic (exact) mass is 333 g/mol. The topological polar surface area (TPSA) is 26.0 Å². The molecule has 0 saturated carbocycles. The number of aryl methyl sites for hydroxylation is 1. The fourth-order valence-electron chi connectivity index (χ4n) is 1.51. The molecular weight excluding hydrogens is 325 g/mol. The minimum Gasteiger partial charge on any atom is -0.320 e. The zero-order valence-electron chi connectivity index (χ0n) is 9.01. The average molecular weight is 335 g/mol. The van der Waals surface area contributed by atoms with Crippen molar-refractivity contribution in [2.45, 2.75) is 13.0 Å². The van der Waals surface area contributed by atoms with E-state index in [0.29, 0.717) is 0 Å². The highest BCUT2D eigenvalue weighted by atomic mass is 79.9. The fourth-order valence-corrected chi connectivity index (χ4v) is 3.23. The molecule has 0 aliphatic heterocycles. The van der Waals surface area contributed by atoms with Gasteiger partial charge in [0.15, 0.2) is 0 Å². The van der Waals surface area contributed by atoms with E-state index in [9.17, 15) is 4.39 Å². The van der Waals surface area contributed by atoms with Gasteiger partial charge in [-0.1, -0.05) is 17.7 Å². The van der Waals surface area contributed by atoms with E-state index in [0.717, 1.165) is 19.8 Å². The van der Waals surface area contributed by atoms with E-state index in [1.165, 1.54) is 12.1 Å². The van der Waals surface area contributed by atoms with Crippen LogP contribution in [-0.2, 0) is 0 Å². The largest absolute Gasteiger partial charge is 0.320 e. The van der Waals surface area contributed by atoms with Crippen molar-refractivity contribution >= 4 is 38.9 Å².